The molecule has 5 atom stereocenters. The monoisotopic (exact) mass is 518 g/mol. The number of aliphatic hydroxyl groups excluding tert-OH is 1. The van der Waals surface area contributed by atoms with Gasteiger partial charge in [0.25, 0.3) is 0 Å². The largest absolute Gasteiger partial charge is 0.481 e. The Morgan fingerprint density at radius 2 is 1.47 bits per heavy atom. The third kappa shape index (κ3) is 13.0. The van der Waals surface area contributed by atoms with Gasteiger partial charge in [-0.25, -0.2) is 4.79 Å². The highest BCUT2D eigenvalue weighted by Gasteiger charge is 2.33. The number of guanidine groups is 1. The summed E-state index contributed by atoms with van der Waals surface area (Å²) in [4.78, 5) is 71.0. The number of carbonyl (C=O) groups is 6. The van der Waals surface area contributed by atoms with Crippen LogP contribution in [0.4, 0.5) is 0 Å². The molecule has 17 heteroatoms. The number of primary amides is 1. The minimum Gasteiger partial charge on any atom is -0.481 e. The molecule has 0 heterocycles. The average molecular weight is 519 g/mol. The molecule has 17 nitrogen and oxygen atoms in total. The van der Waals surface area contributed by atoms with Gasteiger partial charge in [0.1, 0.15) is 18.1 Å². The molecule has 0 rings (SSSR count). The Labute approximate surface area is 206 Å². The number of carboxylic acids is 2. The van der Waals surface area contributed by atoms with Gasteiger partial charge in [-0.2, -0.15) is 0 Å². The number of nitrogens with two attached hydrogens (primary N) is 3. The van der Waals surface area contributed by atoms with Gasteiger partial charge in [0.15, 0.2) is 5.96 Å². The van der Waals surface area contributed by atoms with Gasteiger partial charge in [0.2, 0.25) is 23.6 Å². The summed E-state index contributed by atoms with van der Waals surface area (Å²) in [7, 11) is 0. The smallest absolute Gasteiger partial charge is 0.326 e. The van der Waals surface area contributed by atoms with Crippen molar-refractivity contribution in [3.63, 3.8) is 0 Å². The van der Waals surface area contributed by atoms with Crippen LogP contribution in [0.5, 0.6) is 0 Å². The molecule has 0 aromatic rings. The van der Waals surface area contributed by atoms with E-state index in [1.165, 1.54) is 0 Å². The molecule has 0 bridgehead atoms. The lowest BCUT2D eigenvalue weighted by Gasteiger charge is -2.26. The highest BCUT2D eigenvalue weighted by molar-refractivity contribution is 5.95. The summed E-state index contributed by atoms with van der Waals surface area (Å²) in [6, 6.07) is -6.02. The fraction of sp³-hybridized carbons (Fsp3) is 0.632. The number of hydrogen-bond donors (Lipinski definition) is 11. The van der Waals surface area contributed by atoms with E-state index in [-0.39, 0.29) is 25.3 Å². The van der Waals surface area contributed by atoms with Crippen LogP contribution in [0.2, 0.25) is 0 Å². The van der Waals surface area contributed by atoms with Gasteiger partial charge in [0.05, 0.1) is 18.6 Å². The SMILES string of the molecule is C[C@@H](O)[C@H](NC(=O)[C@H](CCC(=O)O)NC(=O)[C@@H](N)CCCNC(=N)N)C(=O)N[C@@H](CC(N)=O)C(=O)O. The number of amides is 4. The summed E-state index contributed by atoms with van der Waals surface area (Å²) in [5.41, 5.74) is 15.9. The van der Waals surface area contributed by atoms with Gasteiger partial charge in [0, 0.05) is 13.0 Å². The second kappa shape index (κ2) is 15.8. The maximum Gasteiger partial charge on any atom is 0.326 e. The molecule has 204 valence electrons. The maximum atomic E-state index is 12.8. The van der Waals surface area contributed by atoms with E-state index in [0.717, 1.165) is 6.92 Å². The highest BCUT2D eigenvalue weighted by atomic mass is 16.4. The lowest BCUT2D eigenvalue weighted by molar-refractivity contribution is -0.144. The molecule has 0 aliphatic heterocycles. The Morgan fingerprint density at radius 3 is 1.94 bits per heavy atom. The molecule has 0 aromatic heterocycles. The molecule has 0 unspecified atom stereocenters. The molecule has 14 N–H and O–H groups in total. The summed E-state index contributed by atoms with van der Waals surface area (Å²) in [5, 5.41) is 44.0. The van der Waals surface area contributed by atoms with Crippen molar-refractivity contribution in [3.8, 4) is 0 Å². The lowest BCUT2D eigenvalue weighted by Crippen LogP contribution is -2.60. The summed E-state index contributed by atoms with van der Waals surface area (Å²) < 4.78 is 0. The topological polar surface area (TPSA) is 313 Å². The number of nitrogens with one attached hydrogen (secondary N) is 5. The Kier molecular flexibility index (Phi) is 14.1. The van der Waals surface area contributed by atoms with Crippen LogP contribution in [-0.4, -0.2) is 93.7 Å². The number of carboxylic acid groups (broad SMARTS) is 2. The minimum atomic E-state index is -1.73. The Hall–Kier alpha value is -3.99. The van der Waals surface area contributed by atoms with Crippen LogP contribution in [0, 0.1) is 5.41 Å². The van der Waals surface area contributed by atoms with Crippen molar-refractivity contribution in [3.05, 3.63) is 0 Å². The molecule has 0 spiro atoms. The Bertz CT molecular complexity index is 836. The third-order valence-corrected chi connectivity index (χ3v) is 4.71. The van der Waals surface area contributed by atoms with E-state index in [0.29, 0.717) is 6.42 Å². The number of aliphatic carboxylic acids is 2. The molecule has 0 aliphatic carbocycles. The number of hydrogen-bond acceptors (Lipinski definition) is 9. The predicted molar refractivity (Wildman–Crippen MR) is 123 cm³/mol. The van der Waals surface area contributed by atoms with Crippen molar-refractivity contribution in [1.82, 2.24) is 21.3 Å². The first kappa shape index (κ1) is 32.0. The zero-order valence-electron chi connectivity index (χ0n) is 19.7. The molecule has 0 aliphatic rings. The maximum absolute atomic E-state index is 12.8. The van der Waals surface area contributed by atoms with E-state index < -0.39 is 78.7 Å². The molecule has 0 saturated carbocycles. The van der Waals surface area contributed by atoms with E-state index in [1.54, 1.807) is 0 Å². The zero-order chi connectivity index (χ0) is 28.0. The van der Waals surface area contributed by atoms with Crippen molar-refractivity contribution < 1.29 is 44.1 Å². The molecule has 0 saturated heterocycles. The van der Waals surface area contributed by atoms with Gasteiger partial charge >= 0.3 is 11.9 Å². The van der Waals surface area contributed by atoms with Crippen molar-refractivity contribution >= 4 is 41.5 Å². The van der Waals surface area contributed by atoms with E-state index in [4.69, 9.17) is 32.8 Å². The fourth-order valence-corrected chi connectivity index (χ4v) is 2.81. The quantitative estimate of drug-likeness (QED) is 0.0491. The first-order valence-electron chi connectivity index (χ1n) is 10.8. The highest BCUT2D eigenvalue weighted by Crippen LogP contribution is 2.04. The third-order valence-electron chi connectivity index (χ3n) is 4.71. The summed E-state index contributed by atoms with van der Waals surface area (Å²) in [5.74, 6) is -7.15. The zero-order valence-corrected chi connectivity index (χ0v) is 19.7. The Morgan fingerprint density at radius 1 is 0.889 bits per heavy atom. The molecular weight excluding hydrogens is 484 g/mol. The summed E-state index contributed by atoms with van der Waals surface area (Å²) >= 11 is 0. The van der Waals surface area contributed by atoms with Crippen molar-refractivity contribution in [2.45, 2.75) is 69.3 Å². The van der Waals surface area contributed by atoms with Crippen LogP contribution in [0.3, 0.4) is 0 Å². The van der Waals surface area contributed by atoms with Gasteiger partial charge in [-0.3, -0.25) is 29.4 Å². The first-order valence-corrected chi connectivity index (χ1v) is 10.8. The molecule has 0 aromatic carbocycles. The van der Waals surface area contributed by atoms with Crippen LogP contribution in [0.25, 0.3) is 0 Å². The minimum absolute atomic E-state index is 0.133. The molecule has 36 heavy (non-hydrogen) atoms. The number of rotatable bonds is 17. The van der Waals surface area contributed by atoms with Gasteiger partial charge in [-0.05, 0) is 26.2 Å². The average Bonchev–Trinajstić information content (AvgIpc) is 2.75. The predicted octanol–water partition coefficient (Wildman–Crippen LogP) is -4.76. The second-order valence-corrected chi connectivity index (χ2v) is 7.88. The fourth-order valence-electron chi connectivity index (χ4n) is 2.81. The van der Waals surface area contributed by atoms with Crippen LogP contribution < -0.4 is 38.5 Å². The van der Waals surface area contributed by atoms with Gasteiger partial charge in [-0.15, -0.1) is 0 Å². The Balaban J connectivity index is 5.39. The van der Waals surface area contributed by atoms with Crippen LogP contribution in [-0.2, 0) is 28.8 Å². The number of aliphatic hydroxyl groups is 1. The van der Waals surface area contributed by atoms with E-state index >= 15 is 0 Å². The van der Waals surface area contributed by atoms with Crippen molar-refractivity contribution in [2.75, 3.05) is 6.54 Å². The molecule has 0 fully saturated rings. The summed E-state index contributed by atoms with van der Waals surface area (Å²) in [6.07, 6.45) is -2.75. The van der Waals surface area contributed by atoms with Crippen LogP contribution in [0.15, 0.2) is 0 Å². The van der Waals surface area contributed by atoms with Crippen LogP contribution in [0.1, 0.15) is 39.0 Å². The van der Waals surface area contributed by atoms with Gasteiger partial charge in [-0.1, -0.05) is 0 Å². The van der Waals surface area contributed by atoms with E-state index in [9.17, 15) is 33.9 Å². The molecular formula is C19H34N8O9. The van der Waals surface area contributed by atoms with E-state index in [1.807, 2.05) is 5.32 Å². The molecule has 0 radical (unpaired) electrons. The lowest BCUT2D eigenvalue weighted by atomic mass is 10.1. The number of carbonyl (C=O) groups excluding carboxylic acids is 4. The van der Waals surface area contributed by atoms with Gasteiger partial charge < -0.3 is 53.8 Å². The second-order valence-electron chi connectivity index (χ2n) is 7.88. The standard InChI is InChI=1S/C19H34N8O9/c1-8(28)14(17(34)26-11(18(35)36)7-12(21)29)27-16(33)10(4-5-13(30)31)25-15(32)9(20)3-2-6-24-19(22)23/h8-11,14,28H,2-7,20H2,1H3,(H2,21,29)(H,25,32)(H,26,34)(H,27,33)(H,30,31)(H,35,36)(H4,22,23,24)/t8-,9+,10+,11+,14+/m1/s1. The van der Waals surface area contributed by atoms with Crippen molar-refractivity contribution in [1.29, 1.82) is 5.41 Å². The van der Waals surface area contributed by atoms with Crippen LogP contribution >= 0.6 is 0 Å². The van der Waals surface area contributed by atoms with Crippen molar-refractivity contribution in [2.24, 2.45) is 17.2 Å². The first-order chi connectivity index (χ1) is 16.6. The summed E-state index contributed by atoms with van der Waals surface area (Å²) in [6.45, 7) is 1.38. The van der Waals surface area contributed by atoms with E-state index in [2.05, 4.69) is 16.0 Å². The normalized spacial score (nSPS) is 14.8. The molecule has 4 amide bonds.